The summed E-state index contributed by atoms with van der Waals surface area (Å²) in [6.45, 7) is 3.46. The summed E-state index contributed by atoms with van der Waals surface area (Å²) in [6, 6.07) is 3.80. The van der Waals surface area contributed by atoms with Gasteiger partial charge in [0.15, 0.2) is 0 Å². The zero-order valence-electron chi connectivity index (χ0n) is 10.3. The van der Waals surface area contributed by atoms with Crippen LogP contribution in [0.15, 0.2) is 18.2 Å². The van der Waals surface area contributed by atoms with Crippen molar-refractivity contribution in [3.8, 4) is 0 Å². The van der Waals surface area contributed by atoms with Crippen LogP contribution in [0.3, 0.4) is 0 Å². The molecule has 1 N–H and O–H groups in total. The van der Waals surface area contributed by atoms with Crippen LogP contribution in [-0.2, 0) is 9.53 Å². The van der Waals surface area contributed by atoms with Crippen LogP contribution < -0.4 is 0 Å². The molecular weight excluding hydrogens is 250 g/mol. The maximum absolute atomic E-state index is 12.0. The number of morpholine rings is 1. The van der Waals surface area contributed by atoms with E-state index in [1.54, 1.807) is 22.3 Å². The second-order valence-electron chi connectivity index (χ2n) is 4.22. The fourth-order valence-corrected chi connectivity index (χ4v) is 2.67. The minimum Gasteiger partial charge on any atom is -0.394 e. The van der Waals surface area contributed by atoms with E-state index in [-0.39, 0.29) is 18.6 Å². The second-order valence-corrected chi connectivity index (χ2v) is 5.54. The van der Waals surface area contributed by atoms with Crippen LogP contribution in [0.1, 0.15) is 9.75 Å². The Balaban J connectivity index is 2.00. The van der Waals surface area contributed by atoms with E-state index in [0.29, 0.717) is 19.8 Å². The number of ether oxygens (including phenoxy) is 1. The Bertz CT molecular complexity index is 441. The predicted molar refractivity (Wildman–Crippen MR) is 71.5 cm³/mol. The Kier molecular flexibility index (Phi) is 4.52. The van der Waals surface area contributed by atoms with E-state index in [4.69, 9.17) is 4.74 Å². The van der Waals surface area contributed by atoms with Crippen molar-refractivity contribution in [1.82, 2.24) is 4.90 Å². The maximum Gasteiger partial charge on any atom is 0.247 e. The first-order valence-electron chi connectivity index (χ1n) is 5.94. The predicted octanol–water partition coefficient (Wildman–Crippen LogP) is 1.29. The number of hydrogen-bond donors (Lipinski definition) is 1. The molecular formula is C13H17NO3S. The number of nitrogens with zero attached hydrogens (tertiary/aromatic N) is 1. The summed E-state index contributed by atoms with van der Waals surface area (Å²) in [6.07, 6.45) is 3.39. The van der Waals surface area contributed by atoms with Crippen LogP contribution >= 0.6 is 11.3 Å². The number of aryl methyl sites for hydroxylation is 1. The highest BCUT2D eigenvalue weighted by Gasteiger charge is 2.24. The van der Waals surface area contributed by atoms with Crippen molar-refractivity contribution in [2.45, 2.75) is 13.0 Å². The van der Waals surface area contributed by atoms with E-state index in [9.17, 15) is 9.90 Å². The first-order chi connectivity index (χ1) is 8.70. The maximum atomic E-state index is 12.0. The molecule has 0 bridgehead atoms. The highest BCUT2D eigenvalue weighted by Crippen LogP contribution is 2.17. The minimum atomic E-state index is -0.221. The SMILES string of the molecule is Cc1ccc(/C=C/C(=O)N2CCOCC2CO)s1. The third-order valence-electron chi connectivity index (χ3n) is 2.87. The third kappa shape index (κ3) is 3.19. The monoisotopic (exact) mass is 267 g/mol. The number of aliphatic hydroxyl groups excluding tert-OH is 1. The molecule has 0 aromatic carbocycles. The number of rotatable bonds is 3. The van der Waals surface area contributed by atoms with Crippen molar-refractivity contribution in [2.24, 2.45) is 0 Å². The molecule has 0 radical (unpaired) electrons. The number of hydrogen-bond acceptors (Lipinski definition) is 4. The van der Waals surface area contributed by atoms with E-state index in [2.05, 4.69) is 0 Å². The molecule has 1 fully saturated rings. The standard InChI is InChI=1S/C13H17NO3S/c1-10-2-3-12(18-10)4-5-13(16)14-6-7-17-9-11(14)8-15/h2-5,11,15H,6-9H2,1H3/b5-4+. The topological polar surface area (TPSA) is 49.8 Å². The number of carbonyl (C=O) groups excluding carboxylic acids is 1. The fraction of sp³-hybridized carbons (Fsp3) is 0.462. The molecule has 1 atom stereocenters. The number of aliphatic hydroxyl groups is 1. The van der Waals surface area contributed by atoms with Gasteiger partial charge in [-0.25, -0.2) is 0 Å². The summed E-state index contributed by atoms with van der Waals surface area (Å²) in [5.41, 5.74) is 0. The quantitative estimate of drug-likeness (QED) is 0.840. The first-order valence-corrected chi connectivity index (χ1v) is 6.76. The van der Waals surface area contributed by atoms with Crippen molar-refractivity contribution in [3.63, 3.8) is 0 Å². The van der Waals surface area contributed by atoms with Gasteiger partial charge in [0.05, 0.1) is 25.9 Å². The van der Waals surface area contributed by atoms with Crippen molar-refractivity contribution >= 4 is 23.3 Å². The normalized spacial score (nSPS) is 20.6. The molecule has 1 aromatic rings. The lowest BCUT2D eigenvalue weighted by atomic mass is 10.2. The van der Waals surface area contributed by atoms with Gasteiger partial charge >= 0.3 is 0 Å². The lowest BCUT2D eigenvalue weighted by Gasteiger charge is -2.33. The van der Waals surface area contributed by atoms with Gasteiger partial charge in [-0.05, 0) is 25.1 Å². The average Bonchev–Trinajstić information content (AvgIpc) is 2.81. The molecule has 1 saturated heterocycles. The van der Waals surface area contributed by atoms with Gasteiger partial charge in [-0.15, -0.1) is 11.3 Å². The van der Waals surface area contributed by atoms with Gasteiger partial charge in [-0.3, -0.25) is 4.79 Å². The molecule has 18 heavy (non-hydrogen) atoms. The Labute approximate surface area is 110 Å². The van der Waals surface area contributed by atoms with Gasteiger partial charge in [0, 0.05) is 22.4 Å². The van der Waals surface area contributed by atoms with Crippen molar-refractivity contribution in [1.29, 1.82) is 0 Å². The van der Waals surface area contributed by atoms with Gasteiger partial charge in [-0.2, -0.15) is 0 Å². The molecule has 98 valence electrons. The fourth-order valence-electron chi connectivity index (χ4n) is 1.89. The lowest BCUT2D eigenvalue weighted by Crippen LogP contribution is -2.49. The van der Waals surface area contributed by atoms with E-state index >= 15 is 0 Å². The Hall–Kier alpha value is -1.17. The molecule has 1 aliphatic heterocycles. The molecule has 1 unspecified atom stereocenters. The molecule has 2 heterocycles. The summed E-state index contributed by atoms with van der Waals surface area (Å²) in [4.78, 5) is 16.0. The number of carbonyl (C=O) groups is 1. The van der Waals surface area contributed by atoms with E-state index in [1.165, 1.54) is 4.88 Å². The van der Waals surface area contributed by atoms with Gasteiger partial charge in [0.2, 0.25) is 5.91 Å². The van der Waals surface area contributed by atoms with Crippen molar-refractivity contribution in [2.75, 3.05) is 26.4 Å². The molecule has 0 spiro atoms. The van der Waals surface area contributed by atoms with E-state index < -0.39 is 0 Å². The Morgan fingerprint density at radius 3 is 3.17 bits per heavy atom. The lowest BCUT2D eigenvalue weighted by molar-refractivity contribution is -0.136. The average molecular weight is 267 g/mol. The van der Waals surface area contributed by atoms with Gasteiger partial charge < -0.3 is 14.7 Å². The Morgan fingerprint density at radius 1 is 1.67 bits per heavy atom. The van der Waals surface area contributed by atoms with E-state index in [1.807, 2.05) is 25.1 Å². The molecule has 1 amide bonds. The van der Waals surface area contributed by atoms with Gasteiger partial charge in [0.25, 0.3) is 0 Å². The van der Waals surface area contributed by atoms with Crippen LogP contribution in [-0.4, -0.2) is 48.3 Å². The molecule has 2 rings (SSSR count). The third-order valence-corrected chi connectivity index (χ3v) is 3.84. The van der Waals surface area contributed by atoms with Gasteiger partial charge in [-0.1, -0.05) is 0 Å². The van der Waals surface area contributed by atoms with Crippen molar-refractivity contribution in [3.05, 3.63) is 28.0 Å². The van der Waals surface area contributed by atoms with Crippen molar-refractivity contribution < 1.29 is 14.6 Å². The number of amides is 1. The molecule has 4 nitrogen and oxygen atoms in total. The second kappa shape index (κ2) is 6.13. The molecule has 1 aromatic heterocycles. The summed E-state index contributed by atoms with van der Waals surface area (Å²) in [5.74, 6) is -0.0663. The first kappa shape index (κ1) is 13.3. The van der Waals surface area contributed by atoms with Gasteiger partial charge in [0.1, 0.15) is 0 Å². The van der Waals surface area contributed by atoms with Crippen LogP contribution in [0.4, 0.5) is 0 Å². The van der Waals surface area contributed by atoms with Crippen LogP contribution in [0.25, 0.3) is 6.08 Å². The smallest absolute Gasteiger partial charge is 0.247 e. The summed E-state index contributed by atoms with van der Waals surface area (Å²) in [7, 11) is 0. The minimum absolute atomic E-state index is 0.0578. The Morgan fingerprint density at radius 2 is 2.50 bits per heavy atom. The molecule has 0 saturated carbocycles. The number of thiophene rings is 1. The molecule has 1 aliphatic rings. The van der Waals surface area contributed by atoms with Crippen LogP contribution in [0.5, 0.6) is 0 Å². The molecule has 5 heteroatoms. The highest BCUT2D eigenvalue weighted by atomic mass is 32.1. The zero-order chi connectivity index (χ0) is 13.0. The summed E-state index contributed by atoms with van der Waals surface area (Å²) in [5, 5.41) is 9.20. The van der Waals surface area contributed by atoms with E-state index in [0.717, 1.165) is 4.88 Å². The summed E-state index contributed by atoms with van der Waals surface area (Å²) < 4.78 is 5.24. The largest absolute Gasteiger partial charge is 0.394 e. The molecule has 0 aliphatic carbocycles. The highest BCUT2D eigenvalue weighted by molar-refractivity contribution is 7.12. The van der Waals surface area contributed by atoms with Crippen LogP contribution in [0.2, 0.25) is 0 Å². The summed E-state index contributed by atoms with van der Waals surface area (Å²) >= 11 is 1.65. The zero-order valence-corrected chi connectivity index (χ0v) is 11.2. The van der Waals surface area contributed by atoms with Crippen LogP contribution in [0, 0.1) is 6.92 Å².